The Morgan fingerprint density at radius 3 is 1.87 bits per heavy atom. The van der Waals surface area contributed by atoms with Crippen LogP contribution in [0.4, 0.5) is 13.2 Å². The van der Waals surface area contributed by atoms with Crippen LogP contribution in [0.5, 0.6) is 0 Å². The van der Waals surface area contributed by atoms with E-state index in [9.17, 15) is 22.8 Å². The lowest BCUT2D eigenvalue weighted by atomic mass is 9.84. The van der Waals surface area contributed by atoms with Crippen LogP contribution >= 0.6 is 0 Å². The SMILES string of the molecule is CC(C)(C)NC(CCCCNC(=O)C(F)(F)F)C(=O)C(C)(C)C. The monoisotopic (exact) mass is 338 g/mol. The van der Waals surface area contributed by atoms with Gasteiger partial charge in [-0.3, -0.25) is 9.59 Å². The van der Waals surface area contributed by atoms with Crippen LogP contribution in [0.2, 0.25) is 0 Å². The summed E-state index contributed by atoms with van der Waals surface area (Å²) in [6.07, 6.45) is -3.39. The Labute approximate surface area is 136 Å². The van der Waals surface area contributed by atoms with Gasteiger partial charge in [0.05, 0.1) is 6.04 Å². The molecule has 1 atom stereocenters. The molecule has 1 unspecified atom stereocenters. The first kappa shape index (κ1) is 21.9. The molecule has 0 aromatic carbocycles. The molecule has 0 heterocycles. The van der Waals surface area contributed by atoms with Gasteiger partial charge in [0.2, 0.25) is 0 Å². The molecule has 136 valence electrons. The second kappa shape index (κ2) is 8.13. The van der Waals surface area contributed by atoms with Crippen molar-refractivity contribution in [1.29, 1.82) is 0 Å². The van der Waals surface area contributed by atoms with Crippen LogP contribution in [-0.2, 0) is 9.59 Å². The first-order valence-corrected chi connectivity index (χ1v) is 7.81. The van der Waals surface area contributed by atoms with Crippen LogP contribution in [0.3, 0.4) is 0 Å². The van der Waals surface area contributed by atoms with E-state index in [-0.39, 0.29) is 23.9 Å². The molecule has 0 fully saturated rings. The van der Waals surface area contributed by atoms with Gasteiger partial charge in [-0.15, -0.1) is 0 Å². The fourth-order valence-corrected chi connectivity index (χ4v) is 2.09. The standard InChI is InChI=1S/C16H29F3N2O2/c1-14(2,3)12(22)11(21-15(4,5)6)9-7-8-10-20-13(23)16(17,18)19/h11,21H,7-10H2,1-6H3,(H,20,23). The minimum absolute atomic E-state index is 0.0513. The van der Waals surface area contributed by atoms with E-state index in [1.807, 2.05) is 46.9 Å². The molecule has 2 N–H and O–H groups in total. The van der Waals surface area contributed by atoms with E-state index in [1.54, 1.807) is 0 Å². The Bertz CT molecular complexity index is 407. The number of hydrogen-bond acceptors (Lipinski definition) is 3. The van der Waals surface area contributed by atoms with Crippen LogP contribution in [0.1, 0.15) is 60.8 Å². The lowest BCUT2D eigenvalue weighted by Crippen LogP contribution is -2.50. The third-order valence-corrected chi connectivity index (χ3v) is 3.13. The summed E-state index contributed by atoms with van der Waals surface area (Å²) in [6.45, 7) is 11.4. The summed E-state index contributed by atoms with van der Waals surface area (Å²) in [4.78, 5) is 23.2. The zero-order chi connectivity index (χ0) is 18.5. The number of carbonyl (C=O) groups excluding carboxylic acids is 2. The lowest BCUT2D eigenvalue weighted by molar-refractivity contribution is -0.173. The van der Waals surface area contributed by atoms with Gasteiger partial charge < -0.3 is 10.6 Å². The first-order valence-electron chi connectivity index (χ1n) is 7.81. The molecule has 0 rings (SSSR count). The zero-order valence-electron chi connectivity index (χ0n) is 14.9. The topological polar surface area (TPSA) is 58.2 Å². The highest BCUT2D eigenvalue weighted by molar-refractivity contribution is 5.88. The van der Waals surface area contributed by atoms with Crippen LogP contribution < -0.4 is 10.6 Å². The minimum atomic E-state index is -4.85. The van der Waals surface area contributed by atoms with Crippen molar-refractivity contribution in [1.82, 2.24) is 10.6 Å². The molecule has 0 radical (unpaired) electrons. The molecular formula is C16H29F3N2O2. The summed E-state index contributed by atoms with van der Waals surface area (Å²) in [5, 5.41) is 5.10. The third kappa shape index (κ3) is 9.58. The number of hydrogen-bond donors (Lipinski definition) is 2. The fraction of sp³-hybridized carbons (Fsp3) is 0.875. The molecule has 0 bridgehead atoms. The number of amides is 1. The Morgan fingerprint density at radius 1 is 0.957 bits per heavy atom. The van der Waals surface area contributed by atoms with Crippen molar-refractivity contribution >= 4 is 11.7 Å². The van der Waals surface area contributed by atoms with Crippen molar-refractivity contribution in [2.45, 2.75) is 78.6 Å². The minimum Gasteiger partial charge on any atom is -0.348 e. The van der Waals surface area contributed by atoms with Gasteiger partial charge in [-0.1, -0.05) is 20.8 Å². The van der Waals surface area contributed by atoms with E-state index < -0.39 is 17.5 Å². The maximum Gasteiger partial charge on any atom is 0.471 e. The van der Waals surface area contributed by atoms with Gasteiger partial charge in [-0.2, -0.15) is 13.2 Å². The van der Waals surface area contributed by atoms with E-state index in [0.717, 1.165) is 0 Å². The fourth-order valence-electron chi connectivity index (χ4n) is 2.09. The molecule has 4 nitrogen and oxygen atoms in total. The highest BCUT2D eigenvalue weighted by Crippen LogP contribution is 2.21. The summed E-state index contributed by atoms with van der Waals surface area (Å²) in [7, 11) is 0. The van der Waals surface area contributed by atoms with Crippen LogP contribution in [-0.4, -0.2) is 36.0 Å². The van der Waals surface area contributed by atoms with E-state index in [1.165, 1.54) is 0 Å². The van der Waals surface area contributed by atoms with Crippen molar-refractivity contribution in [2.24, 2.45) is 5.41 Å². The molecule has 0 spiro atoms. The van der Waals surface area contributed by atoms with Crippen LogP contribution in [0, 0.1) is 5.41 Å². The van der Waals surface area contributed by atoms with E-state index in [2.05, 4.69) is 5.32 Å². The third-order valence-electron chi connectivity index (χ3n) is 3.13. The second-order valence-corrected chi connectivity index (χ2v) is 7.81. The Morgan fingerprint density at radius 2 is 1.48 bits per heavy atom. The van der Waals surface area contributed by atoms with Gasteiger partial charge in [0.1, 0.15) is 0 Å². The zero-order valence-corrected chi connectivity index (χ0v) is 14.9. The normalized spacial score (nSPS) is 14.5. The first-order chi connectivity index (χ1) is 10.1. The summed E-state index contributed by atoms with van der Waals surface area (Å²) in [5.41, 5.74) is -0.733. The van der Waals surface area contributed by atoms with Gasteiger partial charge in [-0.05, 0) is 40.0 Å². The van der Waals surface area contributed by atoms with Crippen molar-refractivity contribution in [3.8, 4) is 0 Å². The Kier molecular flexibility index (Phi) is 7.73. The number of nitrogens with one attached hydrogen (secondary N) is 2. The predicted molar refractivity (Wildman–Crippen MR) is 84.1 cm³/mol. The number of unbranched alkanes of at least 4 members (excludes halogenated alkanes) is 1. The van der Waals surface area contributed by atoms with Crippen molar-refractivity contribution in [2.75, 3.05) is 6.54 Å². The maximum atomic E-state index is 12.5. The van der Waals surface area contributed by atoms with Gasteiger partial charge in [0, 0.05) is 17.5 Å². The van der Waals surface area contributed by atoms with Crippen LogP contribution in [0.15, 0.2) is 0 Å². The molecular weight excluding hydrogens is 309 g/mol. The second-order valence-electron chi connectivity index (χ2n) is 7.81. The van der Waals surface area contributed by atoms with Crippen LogP contribution in [0.25, 0.3) is 0 Å². The maximum absolute atomic E-state index is 12.5. The van der Waals surface area contributed by atoms with E-state index in [0.29, 0.717) is 19.3 Å². The number of alkyl halides is 3. The smallest absolute Gasteiger partial charge is 0.348 e. The number of halogens is 3. The average Bonchev–Trinajstić information content (AvgIpc) is 2.32. The van der Waals surface area contributed by atoms with Gasteiger partial charge in [0.25, 0.3) is 0 Å². The molecule has 0 aliphatic heterocycles. The van der Waals surface area contributed by atoms with Gasteiger partial charge in [0.15, 0.2) is 5.78 Å². The number of rotatable bonds is 7. The molecule has 0 aliphatic rings. The summed E-state index contributed by atoms with van der Waals surface area (Å²) >= 11 is 0. The summed E-state index contributed by atoms with van der Waals surface area (Å²) in [5.74, 6) is -1.85. The molecule has 0 aliphatic carbocycles. The molecule has 0 aromatic rings. The number of carbonyl (C=O) groups is 2. The van der Waals surface area contributed by atoms with Gasteiger partial charge in [-0.25, -0.2) is 0 Å². The molecule has 1 amide bonds. The highest BCUT2D eigenvalue weighted by atomic mass is 19.4. The van der Waals surface area contributed by atoms with Crippen molar-refractivity contribution in [3.63, 3.8) is 0 Å². The quantitative estimate of drug-likeness (QED) is 0.701. The molecule has 0 saturated heterocycles. The summed E-state index contributed by atoms with van der Waals surface area (Å²) < 4.78 is 36.1. The molecule has 23 heavy (non-hydrogen) atoms. The molecule has 0 aromatic heterocycles. The number of ketones is 1. The highest BCUT2D eigenvalue weighted by Gasteiger charge is 2.38. The van der Waals surface area contributed by atoms with E-state index >= 15 is 0 Å². The average molecular weight is 338 g/mol. The predicted octanol–water partition coefficient (Wildman–Crippen LogP) is 3.21. The Hall–Kier alpha value is -1.11. The molecule has 0 saturated carbocycles. The largest absolute Gasteiger partial charge is 0.471 e. The van der Waals surface area contributed by atoms with Crippen molar-refractivity contribution < 1.29 is 22.8 Å². The lowest BCUT2D eigenvalue weighted by Gasteiger charge is -2.31. The van der Waals surface area contributed by atoms with Gasteiger partial charge >= 0.3 is 12.1 Å². The molecule has 7 heteroatoms. The Balaban J connectivity index is 4.42. The summed E-state index contributed by atoms with van der Waals surface area (Å²) in [6, 6.07) is -0.353. The number of Topliss-reactive ketones (excluding diaryl/α,β-unsaturated/α-hetero) is 1. The van der Waals surface area contributed by atoms with Crippen molar-refractivity contribution in [3.05, 3.63) is 0 Å². The van der Waals surface area contributed by atoms with E-state index in [4.69, 9.17) is 0 Å².